The van der Waals surface area contributed by atoms with Crippen molar-refractivity contribution in [1.82, 2.24) is 9.81 Å². The zero-order valence-electron chi connectivity index (χ0n) is 8.27. The summed E-state index contributed by atoms with van der Waals surface area (Å²) >= 11 is 1.06. The molecule has 0 atom stereocenters. The first-order valence-electron chi connectivity index (χ1n) is 4.50. The number of amides is 1. The molecule has 0 aromatic carbocycles. The SMILES string of the molecule is CCNC(=O)c1c[n+](CCC(=O)O)ns1. The van der Waals surface area contributed by atoms with Crippen molar-refractivity contribution < 1.29 is 19.4 Å². The van der Waals surface area contributed by atoms with Gasteiger partial charge in [-0.05, 0) is 6.92 Å². The lowest BCUT2D eigenvalue weighted by atomic mass is 10.4. The van der Waals surface area contributed by atoms with E-state index >= 15 is 0 Å². The zero-order valence-corrected chi connectivity index (χ0v) is 9.08. The van der Waals surface area contributed by atoms with Crippen LogP contribution in [0.25, 0.3) is 0 Å². The van der Waals surface area contributed by atoms with E-state index in [9.17, 15) is 9.59 Å². The third-order valence-corrected chi connectivity index (χ3v) is 2.41. The maximum Gasteiger partial charge on any atom is 0.309 e. The van der Waals surface area contributed by atoms with Gasteiger partial charge in [-0.3, -0.25) is 9.59 Å². The van der Waals surface area contributed by atoms with Gasteiger partial charge in [-0.1, -0.05) is 4.68 Å². The molecule has 0 aliphatic rings. The number of aryl methyl sites for hydroxylation is 1. The molecular weight excluding hydrogens is 218 g/mol. The van der Waals surface area contributed by atoms with Gasteiger partial charge in [-0.25, -0.2) is 0 Å². The number of carboxylic acids is 1. The van der Waals surface area contributed by atoms with Gasteiger partial charge in [0.25, 0.3) is 5.91 Å². The summed E-state index contributed by atoms with van der Waals surface area (Å²) in [5.74, 6) is -1.06. The van der Waals surface area contributed by atoms with Crippen molar-refractivity contribution >= 4 is 23.4 Å². The molecule has 0 bridgehead atoms. The predicted octanol–water partition coefficient (Wildman–Crippen LogP) is -0.345. The summed E-state index contributed by atoms with van der Waals surface area (Å²) in [4.78, 5) is 22.1. The summed E-state index contributed by atoms with van der Waals surface area (Å²) in [5, 5.41) is 11.1. The Balaban J connectivity index is 2.56. The summed E-state index contributed by atoms with van der Waals surface area (Å²) < 4.78 is 5.39. The van der Waals surface area contributed by atoms with Gasteiger partial charge in [-0.2, -0.15) is 0 Å². The summed E-state index contributed by atoms with van der Waals surface area (Å²) in [6, 6.07) is 0. The number of hydrogen-bond donors (Lipinski definition) is 2. The van der Waals surface area contributed by atoms with E-state index in [2.05, 4.69) is 9.81 Å². The van der Waals surface area contributed by atoms with Crippen molar-refractivity contribution in [1.29, 1.82) is 0 Å². The average molecular weight is 230 g/mol. The molecule has 1 rings (SSSR count). The molecule has 0 fully saturated rings. The molecule has 0 aliphatic heterocycles. The van der Waals surface area contributed by atoms with E-state index in [1.165, 1.54) is 4.68 Å². The Kier molecular flexibility index (Phi) is 4.17. The molecule has 0 saturated carbocycles. The minimum atomic E-state index is -0.880. The van der Waals surface area contributed by atoms with E-state index in [0.29, 0.717) is 11.4 Å². The lowest BCUT2D eigenvalue weighted by molar-refractivity contribution is -0.745. The number of carboxylic acid groups (broad SMARTS) is 1. The Labute approximate surface area is 90.7 Å². The predicted molar refractivity (Wildman–Crippen MR) is 52.6 cm³/mol. The molecule has 2 N–H and O–H groups in total. The fraction of sp³-hybridized carbons (Fsp3) is 0.500. The van der Waals surface area contributed by atoms with Crippen molar-refractivity contribution in [3.63, 3.8) is 0 Å². The highest BCUT2D eigenvalue weighted by Crippen LogP contribution is 2.00. The molecule has 7 heteroatoms. The minimum Gasteiger partial charge on any atom is -0.481 e. The highest BCUT2D eigenvalue weighted by molar-refractivity contribution is 7.07. The number of carbonyl (C=O) groups excluding carboxylic acids is 1. The van der Waals surface area contributed by atoms with Crippen LogP contribution >= 0.6 is 11.5 Å². The van der Waals surface area contributed by atoms with Gasteiger partial charge < -0.3 is 10.4 Å². The van der Waals surface area contributed by atoms with Crippen molar-refractivity contribution in [3.05, 3.63) is 11.1 Å². The number of aliphatic carboxylic acids is 1. The van der Waals surface area contributed by atoms with Crippen LogP contribution in [-0.2, 0) is 11.3 Å². The third kappa shape index (κ3) is 3.62. The van der Waals surface area contributed by atoms with Crippen LogP contribution in [0.3, 0.4) is 0 Å². The van der Waals surface area contributed by atoms with Gasteiger partial charge in [0.15, 0.2) is 11.4 Å². The summed E-state index contributed by atoms with van der Waals surface area (Å²) in [7, 11) is 0. The first kappa shape index (κ1) is 11.6. The van der Waals surface area contributed by atoms with Gasteiger partial charge >= 0.3 is 5.97 Å². The summed E-state index contributed by atoms with van der Waals surface area (Å²) in [5.41, 5.74) is 0. The van der Waals surface area contributed by atoms with Crippen LogP contribution in [0.4, 0.5) is 0 Å². The Morgan fingerprint density at radius 2 is 2.40 bits per heavy atom. The van der Waals surface area contributed by atoms with E-state index < -0.39 is 5.97 Å². The van der Waals surface area contributed by atoms with Gasteiger partial charge in [0.05, 0.1) is 4.49 Å². The molecule has 0 radical (unpaired) electrons. The molecule has 0 saturated heterocycles. The second kappa shape index (κ2) is 5.40. The molecule has 0 spiro atoms. The maximum absolute atomic E-state index is 11.3. The van der Waals surface area contributed by atoms with Crippen LogP contribution in [0.5, 0.6) is 0 Å². The Morgan fingerprint density at radius 3 is 3.00 bits per heavy atom. The third-order valence-electron chi connectivity index (χ3n) is 1.63. The highest BCUT2D eigenvalue weighted by Gasteiger charge is 2.16. The van der Waals surface area contributed by atoms with Crippen LogP contribution < -0.4 is 10.00 Å². The van der Waals surface area contributed by atoms with Crippen LogP contribution in [0.1, 0.15) is 23.0 Å². The molecule has 1 aromatic rings. The molecule has 0 aliphatic carbocycles. The second-order valence-corrected chi connectivity index (χ2v) is 3.62. The minimum absolute atomic E-state index is 0.00321. The highest BCUT2D eigenvalue weighted by atomic mass is 32.1. The molecule has 1 amide bonds. The topological polar surface area (TPSA) is 83.2 Å². The van der Waals surface area contributed by atoms with Crippen molar-refractivity contribution in [2.75, 3.05) is 6.54 Å². The van der Waals surface area contributed by atoms with Crippen LogP contribution in [0, 0.1) is 0 Å². The van der Waals surface area contributed by atoms with Crippen molar-refractivity contribution in [3.8, 4) is 0 Å². The second-order valence-electron chi connectivity index (χ2n) is 2.83. The number of rotatable bonds is 5. The van der Waals surface area contributed by atoms with Crippen molar-refractivity contribution in [2.45, 2.75) is 19.9 Å². The smallest absolute Gasteiger partial charge is 0.309 e. The van der Waals surface area contributed by atoms with E-state index in [1.54, 1.807) is 6.20 Å². The van der Waals surface area contributed by atoms with E-state index in [-0.39, 0.29) is 18.9 Å². The lowest BCUT2D eigenvalue weighted by Gasteiger charge is -1.93. The van der Waals surface area contributed by atoms with Crippen LogP contribution in [0.2, 0.25) is 0 Å². The Hall–Kier alpha value is -1.50. The normalized spacial score (nSPS) is 9.93. The van der Waals surface area contributed by atoms with Crippen LogP contribution in [-0.4, -0.2) is 28.0 Å². The molecule has 1 aromatic heterocycles. The summed E-state index contributed by atoms with van der Waals surface area (Å²) in [6.45, 7) is 2.68. The van der Waals surface area contributed by atoms with Gasteiger partial charge in [0.2, 0.25) is 6.20 Å². The standard InChI is InChI=1S/C8H11N3O3S/c1-2-9-8(14)6-5-11(10-15-6)4-3-7(12)13/h5H,2-4H2,1H3,(H-,9,12,13,14)/p+1. The Morgan fingerprint density at radius 1 is 1.67 bits per heavy atom. The quantitative estimate of drug-likeness (QED) is 0.678. The monoisotopic (exact) mass is 230 g/mol. The fourth-order valence-corrected chi connectivity index (χ4v) is 1.59. The van der Waals surface area contributed by atoms with E-state index in [0.717, 1.165) is 11.5 Å². The molecule has 1 heterocycles. The van der Waals surface area contributed by atoms with Gasteiger partial charge in [0, 0.05) is 18.1 Å². The molecular formula is C8H12N3O3S+. The molecule has 0 unspecified atom stereocenters. The Bertz CT molecular complexity index is 364. The van der Waals surface area contributed by atoms with E-state index in [4.69, 9.17) is 5.11 Å². The zero-order chi connectivity index (χ0) is 11.3. The molecule has 15 heavy (non-hydrogen) atoms. The number of hydrogen-bond acceptors (Lipinski definition) is 4. The van der Waals surface area contributed by atoms with E-state index in [1.807, 2.05) is 6.92 Å². The van der Waals surface area contributed by atoms with Gasteiger partial charge in [0.1, 0.15) is 6.42 Å². The number of nitrogens with zero attached hydrogens (tertiary/aromatic N) is 2. The number of carbonyl (C=O) groups is 2. The molecule has 82 valence electrons. The number of aromatic nitrogens is 2. The average Bonchev–Trinajstić information content (AvgIpc) is 2.63. The largest absolute Gasteiger partial charge is 0.481 e. The van der Waals surface area contributed by atoms with Gasteiger partial charge in [-0.15, -0.1) is 0 Å². The summed E-state index contributed by atoms with van der Waals surface area (Å²) in [6.07, 6.45) is 1.56. The lowest BCUT2D eigenvalue weighted by Crippen LogP contribution is -2.36. The first-order valence-corrected chi connectivity index (χ1v) is 5.27. The number of nitrogens with one attached hydrogen (secondary N) is 1. The maximum atomic E-state index is 11.3. The van der Waals surface area contributed by atoms with Crippen LogP contribution in [0.15, 0.2) is 6.20 Å². The molecule has 6 nitrogen and oxygen atoms in total. The first-order chi connectivity index (χ1) is 7.13. The van der Waals surface area contributed by atoms with Crippen molar-refractivity contribution in [2.24, 2.45) is 0 Å². The fourth-order valence-electron chi connectivity index (χ4n) is 0.942.